The van der Waals surface area contributed by atoms with Crippen molar-refractivity contribution >= 4 is 40.7 Å². The second kappa shape index (κ2) is 11.6. The van der Waals surface area contributed by atoms with E-state index in [-0.39, 0.29) is 5.91 Å². The number of nitrogens with zero attached hydrogens (tertiary/aromatic N) is 3. The van der Waals surface area contributed by atoms with Crippen molar-refractivity contribution in [1.29, 1.82) is 0 Å². The zero-order valence-corrected chi connectivity index (χ0v) is 21.4. The summed E-state index contributed by atoms with van der Waals surface area (Å²) in [6.45, 7) is 3.96. The number of amides is 1. The molecule has 1 saturated heterocycles. The third-order valence-corrected chi connectivity index (χ3v) is 7.32. The Morgan fingerprint density at radius 3 is 2.81 bits per heavy atom. The quantitative estimate of drug-likeness (QED) is 0.315. The molecular formula is C28H28FN5O2S. The number of halogens is 1. The first-order valence-electron chi connectivity index (χ1n) is 12.3. The van der Waals surface area contributed by atoms with Gasteiger partial charge in [-0.3, -0.25) is 19.8 Å². The average Bonchev–Trinajstić information content (AvgIpc) is 3.58. The fourth-order valence-electron chi connectivity index (χ4n) is 4.28. The molecule has 1 aliphatic heterocycles. The third kappa shape index (κ3) is 6.18. The molecule has 0 unspecified atom stereocenters. The van der Waals surface area contributed by atoms with Gasteiger partial charge in [-0.1, -0.05) is 11.8 Å². The summed E-state index contributed by atoms with van der Waals surface area (Å²) in [5, 5.41) is 11.0. The van der Waals surface area contributed by atoms with Crippen LogP contribution >= 0.6 is 11.8 Å². The largest absolute Gasteiger partial charge is 0.491 e. The molecule has 0 radical (unpaired) electrons. The highest BCUT2D eigenvalue weighted by Gasteiger charge is 2.14. The summed E-state index contributed by atoms with van der Waals surface area (Å²) in [5.74, 6) is -0.00257. The van der Waals surface area contributed by atoms with Crippen LogP contribution in [0.15, 0.2) is 64.5 Å². The summed E-state index contributed by atoms with van der Waals surface area (Å²) in [4.78, 5) is 20.7. The molecule has 3 heterocycles. The zero-order chi connectivity index (χ0) is 25.6. The SMILES string of the molecule is CNC(=O)c1cc(F)ccc1Sc1ccc2c(/C=C/c3ccc(OCCN4CCCC4)cn3)n[nH]c2c1. The highest BCUT2D eigenvalue weighted by molar-refractivity contribution is 7.99. The lowest BCUT2D eigenvalue weighted by Gasteiger charge is -2.14. The lowest BCUT2D eigenvalue weighted by Crippen LogP contribution is -2.25. The van der Waals surface area contributed by atoms with Crippen LogP contribution in [-0.2, 0) is 0 Å². The van der Waals surface area contributed by atoms with E-state index in [4.69, 9.17) is 4.74 Å². The summed E-state index contributed by atoms with van der Waals surface area (Å²) in [6, 6.07) is 14.0. The Morgan fingerprint density at radius 1 is 1.16 bits per heavy atom. The molecule has 1 aliphatic rings. The second-order valence-corrected chi connectivity index (χ2v) is 9.90. The minimum Gasteiger partial charge on any atom is -0.491 e. The number of aromatic nitrogens is 3. The fraction of sp³-hybridized carbons (Fsp3) is 0.250. The maximum Gasteiger partial charge on any atom is 0.252 e. The van der Waals surface area contributed by atoms with Gasteiger partial charge in [0.25, 0.3) is 5.91 Å². The molecule has 5 rings (SSSR count). The van der Waals surface area contributed by atoms with Gasteiger partial charge in [-0.15, -0.1) is 0 Å². The Labute approximate surface area is 219 Å². The number of hydrogen-bond donors (Lipinski definition) is 2. The third-order valence-electron chi connectivity index (χ3n) is 6.25. The van der Waals surface area contributed by atoms with Gasteiger partial charge in [0.1, 0.15) is 18.2 Å². The lowest BCUT2D eigenvalue weighted by molar-refractivity contribution is 0.0959. The van der Waals surface area contributed by atoms with E-state index >= 15 is 0 Å². The van der Waals surface area contributed by atoms with Crippen molar-refractivity contribution < 1.29 is 13.9 Å². The van der Waals surface area contributed by atoms with Gasteiger partial charge in [0.2, 0.25) is 0 Å². The normalized spacial score (nSPS) is 14.0. The molecule has 2 N–H and O–H groups in total. The number of nitrogens with one attached hydrogen (secondary N) is 2. The Bertz CT molecular complexity index is 1410. The van der Waals surface area contributed by atoms with E-state index in [1.807, 2.05) is 42.5 Å². The van der Waals surface area contributed by atoms with Gasteiger partial charge in [0.05, 0.1) is 28.7 Å². The van der Waals surface area contributed by atoms with Crippen molar-refractivity contribution in [3.05, 3.63) is 77.5 Å². The molecular weight excluding hydrogens is 489 g/mol. The van der Waals surface area contributed by atoms with Crippen molar-refractivity contribution in [3.8, 4) is 5.75 Å². The van der Waals surface area contributed by atoms with Crippen LogP contribution < -0.4 is 10.1 Å². The number of aromatic amines is 1. The maximum atomic E-state index is 13.7. The van der Waals surface area contributed by atoms with E-state index in [0.29, 0.717) is 17.1 Å². The van der Waals surface area contributed by atoms with E-state index in [1.54, 1.807) is 12.3 Å². The summed E-state index contributed by atoms with van der Waals surface area (Å²) < 4.78 is 19.5. The molecule has 4 aromatic rings. The average molecular weight is 518 g/mol. The van der Waals surface area contributed by atoms with Crippen LogP contribution in [0.25, 0.3) is 23.1 Å². The molecule has 7 nitrogen and oxygen atoms in total. The summed E-state index contributed by atoms with van der Waals surface area (Å²) in [5.41, 5.74) is 2.78. The predicted molar refractivity (Wildman–Crippen MR) is 144 cm³/mol. The number of ether oxygens (including phenoxy) is 1. The number of pyridine rings is 1. The Morgan fingerprint density at radius 2 is 2.03 bits per heavy atom. The molecule has 2 aromatic heterocycles. The van der Waals surface area contributed by atoms with Gasteiger partial charge in [0, 0.05) is 28.8 Å². The number of fused-ring (bicyclic) bond motifs is 1. The topological polar surface area (TPSA) is 83.1 Å². The van der Waals surface area contributed by atoms with Gasteiger partial charge in [-0.25, -0.2) is 4.39 Å². The van der Waals surface area contributed by atoms with Crippen LogP contribution in [0.3, 0.4) is 0 Å². The lowest BCUT2D eigenvalue weighted by atomic mass is 10.2. The van der Waals surface area contributed by atoms with Crippen molar-refractivity contribution in [3.63, 3.8) is 0 Å². The molecule has 0 spiro atoms. The molecule has 0 saturated carbocycles. The fourth-order valence-corrected chi connectivity index (χ4v) is 5.24. The maximum absolute atomic E-state index is 13.7. The minimum atomic E-state index is -0.447. The first-order chi connectivity index (χ1) is 18.1. The number of carbonyl (C=O) groups excluding carboxylic acids is 1. The standard InChI is InChI=1S/C28H28FN5O2S/c1-30-28(35)24-16-19(29)4-11-27(24)37-22-8-9-23-25(32-33-26(23)17-22)10-6-20-5-7-21(18-31-20)36-15-14-34-12-2-3-13-34/h4-11,16-18H,2-3,12-15H2,1H3,(H,30,35)(H,32,33)/b10-6+. The monoisotopic (exact) mass is 517 g/mol. The van der Waals surface area contributed by atoms with E-state index in [9.17, 15) is 9.18 Å². The number of carbonyl (C=O) groups is 1. The zero-order valence-electron chi connectivity index (χ0n) is 20.5. The Hall–Kier alpha value is -3.69. The van der Waals surface area contributed by atoms with E-state index in [1.165, 1.54) is 56.9 Å². The van der Waals surface area contributed by atoms with E-state index in [2.05, 4.69) is 25.4 Å². The number of likely N-dealkylation sites (tertiary alicyclic amines) is 1. The Kier molecular flexibility index (Phi) is 7.82. The van der Waals surface area contributed by atoms with Crippen LogP contribution in [-0.4, -0.2) is 59.3 Å². The molecule has 190 valence electrons. The van der Waals surface area contributed by atoms with Gasteiger partial charge in [0.15, 0.2) is 0 Å². The van der Waals surface area contributed by atoms with Crippen LogP contribution in [0, 0.1) is 5.82 Å². The first-order valence-corrected chi connectivity index (χ1v) is 13.1. The van der Waals surface area contributed by atoms with Gasteiger partial charge < -0.3 is 10.1 Å². The second-order valence-electron chi connectivity index (χ2n) is 8.79. The van der Waals surface area contributed by atoms with Crippen LogP contribution in [0.4, 0.5) is 4.39 Å². The van der Waals surface area contributed by atoms with Crippen molar-refractivity contribution in [2.75, 3.05) is 33.3 Å². The van der Waals surface area contributed by atoms with E-state index in [0.717, 1.165) is 39.5 Å². The minimum absolute atomic E-state index is 0.302. The first kappa shape index (κ1) is 25.0. The molecule has 0 bridgehead atoms. The molecule has 1 amide bonds. The molecule has 37 heavy (non-hydrogen) atoms. The molecule has 0 aliphatic carbocycles. The van der Waals surface area contributed by atoms with Gasteiger partial charge >= 0.3 is 0 Å². The number of H-pyrrole nitrogens is 1. The highest BCUT2D eigenvalue weighted by Crippen LogP contribution is 2.33. The summed E-state index contributed by atoms with van der Waals surface area (Å²) in [6.07, 6.45) is 8.15. The number of benzene rings is 2. The van der Waals surface area contributed by atoms with Crippen molar-refractivity contribution in [2.45, 2.75) is 22.6 Å². The van der Waals surface area contributed by atoms with Gasteiger partial charge in [-0.05, 0) is 86.6 Å². The summed E-state index contributed by atoms with van der Waals surface area (Å²) >= 11 is 1.40. The van der Waals surface area contributed by atoms with Crippen molar-refractivity contribution in [2.24, 2.45) is 0 Å². The van der Waals surface area contributed by atoms with Crippen molar-refractivity contribution in [1.82, 2.24) is 25.4 Å². The molecule has 9 heteroatoms. The molecule has 0 atom stereocenters. The molecule has 2 aromatic carbocycles. The van der Waals surface area contributed by atoms with Crippen LogP contribution in [0.1, 0.15) is 34.6 Å². The van der Waals surface area contributed by atoms with Crippen LogP contribution in [0.2, 0.25) is 0 Å². The molecule has 1 fully saturated rings. The Balaban J connectivity index is 1.24. The van der Waals surface area contributed by atoms with Crippen LogP contribution in [0.5, 0.6) is 5.75 Å². The van der Waals surface area contributed by atoms with Gasteiger partial charge in [-0.2, -0.15) is 5.10 Å². The smallest absolute Gasteiger partial charge is 0.252 e. The van der Waals surface area contributed by atoms with E-state index < -0.39 is 5.82 Å². The number of rotatable bonds is 9. The summed E-state index contributed by atoms with van der Waals surface area (Å²) in [7, 11) is 1.53. The number of hydrogen-bond acceptors (Lipinski definition) is 6. The predicted octanol–water partition coefficient (Wildman–Crippen LogP) is 5.25. The highest BCUT2D eigenvalue weighted by atomic mass is 32.2.